The van der Waals surface area contributed by atoms with E-state index in [1.807, 2.05) is 43.5 Å². The molecule has 0 saturated carbocycles. The average Bonchev–Trinajstić information content (AvgIpc) is 2.91. The van der Waals surface area contributed by atoms with Gasteiger partial charge in [-0.3, -0.25) is 4.79 Å². The Morgan fingerprint density at radius 2 is 1.85 bits per heavy atom. The standard InChI is InChI=1S/C21H23N3O3/c1-13-9-16(21(26)27-6)7-8-19(13)24-14(2)10-17(15(24)3)11-18(12-22)20(25)23(4)5/h7-11H,1-6H3/b18-11-. The Morgan fingerprint density at radius 1 is 1.19 bits per heavy atom. The molecule has 0 N–H and O–H groups in total. The molecule has 6 heteroatoms. The molecule has 0 spiro atoms. The van der Waals surface area contributed by atoms with Crippen LogP contribution in [0.2, 0.25) is 0 Å². The molecule has 0 atom stereocenters. The summed E-state index contributed by atoms with van der Waals surface area (Å²) in [5.74, 6) is -0.712. The molecular weight excluding hydrogens is 342 g/mol. The molecular formula is C21H23N3O3. The van der Waals surface area contributed by atoms with Crippen molar-refractivity contribution in [2.75, 3.05) is 21.2 Å². The van der Waals surface area contributed by atoms with Gasteiger partial charge in [0.25, 0.3) is 5.91 Å². The molecule has 0 aliphatic carbocycles. The number of aryl methyl sites for hydroxylation is 2. The van der Waals surface area contributed by atoms with Crippen molar-refractivity contribution in [1.29, 1.82) is 5.26 Å². The Kier molecular flexibility index (Phi) is 5.86. The first kappa shape index (κ1) is 20.0. The Labute approximate surface area is 159 Å². The minimum absolute atomic E-state index is 0.0815. The zero-order chi connectivity index (χ0) is 20.3. The monoisotopic (exact) mass is 365 g/mol. The summed E-state index contributed by atoms with van der Waals surface area (Å²) in [5.41, 5.74) is 5.08. The summed E-state index contributed by atoms with van der Waals surface area (Å²) in [5, 5.41) is 9.32. The molecule has 2 aromatic rings. The van der Waals surface area contributed by atoms with E-state index in [1.54, 1.807) is 32.3 Å². The second-order valence-corrected chi connectivity index (χ2v) is 6.52. The highest BCUT2D eigenvalue weighted by molar-refractivity contribution is 6.01. The van der Waals surface area contributed by atoms with Crippen molar-refractivity contribution >= 4 is 18.0 Å². The maximum Gasteiger partial charge on any atom is 0.337 e. The number of benzene rings is 1. The maximum atomic E-state index is 12.1. The number of methoxy groups -OCH3 is 1. The van der Waals surface area contributed by atoms with Gasteiger partial charge in [-0.2, -0.15) is 5.26 Å². The first-order valence-corrected chi connectivity index (χ1v) is 8.43. The van der Waals surface area contributed by atoms with Crippen LogP contribution in [0, 0.1) is 32.1 Å². The van der Waals surface area contributed by atoms with Gasteiger partial charge < -0.3 is 14.2 Å². The number of nitrogens with zero attached hydrogens (tertiary/aromatic N) is 3. The number of carbonyl (C=O) groups excluding carboxylic acids is 2. The normalized spacial score (nSPS) is 11.1. The summed E-state index contributed by atoms with van der Waals surface area (Å²) in [7, 11) is 4.58. The van der Waals surface area contributed by atoms with Gasteiger partial charge in [0.15, 0.2) is 0 Å². The highest BCUT2D eigenvalue weighted by atomic mass is 16.5. The third-order valence-electron chi connectivity index (χ3n) is 4.39. The molecule has 0 fully saturated rings. The van der Waals surface area contributed by atoms with E-state index in [0.717, 1.165) is 28.2 Å². The van der Waals surface area contributed by atoms with Crippen molar-refractivity contribution in [2.24, 2.45) is 0 Å². The van der Waals surface area contributed by atoms with E-state index in [-0.39, 0.29) is 17.4 Å². The Balaban J connectivity index is 2.55. The van der Waals surface area contributed by atoms with E-state index in [4.69, 9.17) is 4.74 Å². The number of esters is 1. The van der Waals surface area contributed by atoms with Gasteiger partial charge in [0.1, 0.15) is 11.6 Å². The second kappa shape index (κ2) is 7.92. The number of aromatic nitrogens is 1. The summed E-state index contributed by atoms with van der Waals surface area (Å²) >= 11 is 0. The number of hydrogen-bond acceptors (Lipinski definition) is 4. The third kappa shape index (κ3) is 3.93. The van der Waals surface area contributed by atoms with Crippen molar-refractivity contribution < 1.29 is 14.3 Å². The SMILES string of the molecule is COC(=O)c1ccc(-n2c(C)cc(/C=C(/C#N)C(=O)N(C)C)c2C)c(C)c1. The lowest BCUT2D eigenvalue weighted by Crippen LogP contribution is -2.22. The van der Waals surface area contributed by atoms with Gasteiger partial charge in [-0.25, -0.2) is 4.79 Å². The lowest BCUT2D eigenvalue weighted by atomic mass is 10.1. The molecule has 27 heavy (non-hydrogen) atoms. The zero-order valence-electron chi connectivity index (χ0n) is 16.5. The van der Waals surface area contributed by atoms with Crippen LogP contribution in [0.1, 0.15) is 32.9 Å². The van der Waals surface area contributed by atoms with Crippen LogP contribution in [0.5, 0.6) is 0 Å². The molecule has 1 aromatic heterocycles. The van der Waals surface area contributed by atoms with Crippen LogP contribution in [-0.4, -0.2) is 42.5 Å². The van der Waals surface area contributed by atoms with Crippen LogP contribution in [0.4, 0.5) is 0 Å². The highest BCUT2D eigenvalue weighted by Crippen LogP contribution is 2.26. The predicted octanol–water partition coefficient (Wildman–Crippen LogP) is 3.18. The lowest BCUT2D eigenvalue weighted by Gasteiger charge is -2.14. The van der Waals surface area contributed by atoms with Crippen molar-refractivity contribution in [3.8, 4) is 11.8 Å². The Morgan fingerprint density at radius 3 is 2.37 bits per heavy atom. The molecule has 1 aromatic carbocycles. The smallest absolute Gasteiger partial charge is 0.337 e. The third-order valence-corrected chi connectivity index (χ3v) is 4.39. The van der Waals surface area contributed by atoms with Gasteiger partial charge in [0.2, 0.25) is 0 Å². The molecule has 0 saturated heterocycles. The van der Waals surface area contributed by atoms with Gasteiger partial charge in [0, 0.05) is 31.2 Å². The molecule has 0 unspecified atom stereocenters. The fourth-order valence-corrected chi connectivity index (χ4v) is 2.99. The number of ether oxygens (including phenoxy) is 1. The number of hydrogen-bond donors (Lipinski definition) is 0. The summed E-state index contributed by atoms with van der Waals surface area (Å²) in [6.07, 6.45) is 1.61. The van der Waals surface area contributed by atoms with E-state index >= 15 is 0 Å². The van der Waals surface area contributed by atoms with Crippen molar-refractivity contribution in [2.45, 2.75) is 20.8 Å². The number of likely N-dealkylation sites (N-methyl/N-ethyl adjacent to an activating group) is 1. The molecule has 0 aliphatic heterocycles. The molecule has 0 radical (unpaired) electrons. The van der Waals surface area contributed by atoms with Crippen molar-refractivity contribution in [1.82, 2.24) is 9.47 Å². The van der Waals surface area contributed by atoms with Gasteiger partial charge in [-0.05, 0) is 62.2 Å². The quantitative estimate of drug-likeness (QED) is 0.474. The molecule has 1 amide bonds. The summed E-state index contributed by atoms with van der Waals surface area (Å²) < 4.78 is 6.81. The zero-order valence-corrected chi connectivity index (χ0v) is 16.5. The number of amides is 1. The largest absolute Gasteiger partial charge is 0.465 e. The number of rotatable bonds is 4. The van der Waals surface area contributed by atoms with Gasteiger partial charge in [-0.1, -0.05) is 0 Å². The first-order valence-electron chi connectivity index (χ1n) is 8.43. The molecule has 140 valence electrons. The number of nitriles is 1. The van der Waals surface area contributed by atoms with Crippen molar-refractivity contribution in [3.63, 3.8) is 0 Å². The highest BCUT2D eigenvalue weighted by Gasteiger charge is 2.16. The van der Waals surface area contributed by atoms with Gasteiger partial charge in [0.05, 0.1) is 12.7 Å². The van der Waals surface area contributed by atoms with Crippen LogP contribution in [0.25, 0.3) is 11.8 Å². The van der Waals surface area contributed by atoms with E-state index in [0.29, 0.717) is 5.56 Å². The van der Waals surface area contributed by atoms with E-state index in [1.165, 1.54) is 12.0 Å². The van der Waals surface area contributed by atoms with Crippen LogP contribution in [-0.2, 0) is 9.53 Å². The topological polar surface area (TPSA) is 75.3 Å². The van der Waals surface area contributed by atoms with Crippen LogP contribution < -0.4 is 0 Å². The van der Waals surface area contributed by atoms with Crippen molar-refractivity contribution in [3.05, 3.63) is 57.9 Å². The molecule has 6 nitrogen and oxygen atoms in total. The summed E-state index contributed by atoms with van der Waals surface area (Å²) in [4.78, 5) is 25.2. The second-order valence-electron chi connectivity index (χ2n) is 6.52. The summed E-state index contributed by atoms with van der Waals surface area (Å²) in [6, 6.07) is 9.28. The Hall–Kier alpha value is -3.33. The Bertz CT molecular complexity index is 975. The minimum Gasteiger partial charge on any atom is -0.465 e. The minimum atomic E-state index is -0.380. The fourth-order valence-electron chi connectivity index (χ4n) is 2.99. The van der Waals surface area contributed by atoms with E-state index in [9.17, 15) is 14.9 Å². The molecule has 0 aliphatic rings. The fraction of sp³-hybridized carbons (Fsp3) is 0.286. The van der Waals surface area contributed by atoms with Gasteiger partial charge in [-0.15, -0.1) is 0 Å². The molecule has 0 bridgehead atoms. The average molecular weight is 365 g/mol. The summed E-state index contributed by atoms with van der Waals surface area (Å²) in [6.45, 7) is 5.81. The van der Waals surface area contributed by atoms with Crippen LogP contribution in [0.15, 0.2) is 29.8 Å². The number of carbonyl (C=O) groups is 2. The maximum absolute atomic E-state index is 12.1. The molecule has 2 rings (SSSR count). The first-order chi connectivity index (χ1) is 12.7. The van der Waals surface area contributed by atoms with Crippen LogP contribution in [0.3, 0.4) is 0 Å². The van der Waals surface area contributed by atoms with Crippen LogP contribution >= 0.6 is 0 Å². The van der Waals surface area contributed by atoms with E-state index in [2.05, 4.69) is 0 Å². The molecule has 1 heterocycles. The lowest BCUT2D eigenvalue weighted by molar-refractivity contribution is -0.124. The van der Waals surface area contributed by atoms with Gasteiger partial charge >= 0.3 is 5.97 Å². The predicted molar refractivity (Wildman–Crippen MR) is 104 cm³/mol. The van der Waals surface area contributed by atoms with E-state index < -0.39 is 0 Å².